The van der Waals surface area contributed by atoms with Crippen molar-refractivity contribution >= 4 is 22.5 Å². The van der Waals surface area contributed by atoms with Gasteiger partial charge in [0.1, 0.15) is 6.04 Å². The highest BCUT2D eigenvalue weighted by atomic mass is 19.4. The first-order valence-electron chi connectivity index (χ1n) is 9.51. The summed E-state index contributed by atoms with van der Waals surface area (Å²) in [6.45, 7) is 4.54. The highest BCUT2D eigenvalue weighted by Gasteiger charge is 2.35. The van der Waals surface area contributed by atoms with Gasteiger partial charge in [-0.15, -0.1) is 0 Å². The molecule has 1 amide bonds. The number of anilines is 1. The van der Waals surface area contributed by atoms with Crippen LogP contribution in [-0.4, -0.2) is 47.3 Å². The number of aliphatic hydroxyl groups is 1. The van der Waals surface area contributed by atoms with Crippen LogP contribution in [0.4, 0.5) is 18.9 Å². The normalized spacial score (nSPS) is 22.4. The molecule has 1 aromatic heterocycles. The molecule has 4 N–H and O–H groups in total. The summed E-state index contributed by atoms with van der Waals surface area (Å²) in [4.78, 5) is 18.2. The number of rotatable bonds is 4. The number of piperidine rings is 1. The van der Waals surface area contributed by atoms with E-state index < -0.39 is 29.8 Å². The van der Waals surface area contributed by atoms with Crippen LogP contribution in [0.1, 0.15) is 25.8 Å². The zero-order chi connectivity index (χ0) is 21.3. The van der Waals surface area contributed by atoms with Gasteiger partial charge < -0.3 is 21.1 Å². The fourth-order valence-corrected chi connectivity index (χ4v) is 3.83. The van der Waals surface area contributed by atoms with Crippen molar-refractivity contribution in [2.45, 2.75) is 44.6 Å². The zero-order valence-electron chi connectivity index (χ0n) is 16.3. The maximum atomic E-state index is 13.4. The molecule has 2 heterocycles. The summed E-state index contributed by atoms with van der Waals surface area (Å²) < 4.78 is 40.1. The van der Waals surface area contributed by atoms with E-state index in [1.54, 1.807) is 12.1 Å². The van der Waals surface area contributed by atoms with E-state index in [0.29, 0.717) is 30.6 Å². The zero-order valence-corrected chi connectivity index (χ0v) is 16.3. The fraction of sp³-hybridized carbons (Fsp3) is 0.500. The van der Waals surface area contributed by atoms with Gasteiger partial charge in [0.05, 0.1) is 17.2 Å². The number of carbonyl (C=O) groups excluding carboxylic acids is 1. The Morgan fingerprint density at radius 3 is 2.72 bits per heavy atom. The average Bonchev–Trinajstić information content (AvgIpc) is 2.65. The molecule has 1 aromatic carbocycles. The van der Waals surface area contributed by atoms with E-state index in [4.69, 9.17) is 5.73 Å². The molecule has 0 radical (unpaired) electrons. The van der Waals surface area contributed by atoms with Crippen LogP contribution in [-0.2, 0) is 11.0 Å². The highest BCUT2D eigenvalue weighted by molar-refractivity contribution is 5.94. The number of aromatic nitrogens is 1. The molecule has 1 fully saturated rings. The van der Waals surface area contributed by atoms with Crippen LogP contribution in [0.15, 0.2) is 30.5 Å². The number of hydrogen-bond donors (Lipinski definition) is 3. The molecule has 1 aliphatic rings. The Morgan fingerprint density at radius 1 is 1.34 bits per heavy atom. The smallest absolute Gasteiger partial charge is 0.391 e. The summed E-state index contributed by atoms with van der Waals surface area (Å²) in [6, 6.07) is 4.50. The van der Waals surface area contributed by atoms with Gasteiger partial charge in [0, 0.05) is 36.4 Å². The molecule has 0 aliphatic carbocycles. The molecule has 0 saturated carbocycles. The van der Waals surface area contributed by atoms with E-state index in [1.807, 2.05) is 11.8 Å². The molecule has 1 saturated heterocycles. The highest BCUT2D eigenvalue weighted by Crippen LogP contribution is 2.38. The van der Waals surface area contributed by atoms with E-state index in [1.165, 1.54) is 19.2 Å². The van der Waals surface area contributed by atoms with Gasteiger partial charge >= 0.3 is 6.18 Å². The second-order valence-electron chi connectivity index (χ2n) is 7.75. The summed E-state index contributed by atoms with van der Waals surface area (Å²) in [5.74, 6) is -0.246. The Morgan fingerprint density at radius 2 is 2.07 bits per heavy atom. The summed E-state index contributed by atoms with van der Waals surface area (Å²) >= 11 is 0. The van der Waals surface area contributed by atoms with Crippen LogP contribution in [0.3, 0.4) is 0 Å². The molecule has 4 atom stereocenters. The number of halogens is 3. The van der Waals surface area contributed by atoms with Gasteiger partial charge in [-0.2, -0.15) is 13.2 Å². The van der Waals surface area contributed by atoms with E-state index >= 15 is 0 Å². The first-order valence-corrected chi connectivity index (χ1v) is 9.51. The number of fused-ring (bicyclic) bond motifs is 1. The largest absolute Gasteiger partial charge is 0.418 e. The second kappa shape index (κ2) is 8.16. The van der Waals surface area contributed by atoms with Gasteiger partial charge in [0.15, 0.2) is 0 Å². The summed E-state index contributed by atoms with van der Waals surface area (Å²) in [5, 5.41) is 12.8. The van der Waals surface area contributed by atoms with Crippen molar-refractivity contribution in [1.29, 1.82) is 0 Å². The van der Waals surface area contributed by atoms with Crippen LogP contribution in [0, 0.1) is 5.92 Å². The predicted molar refractivity (Wildman–Crippen MR) is 104 cm³/mol. The van der Waals surface area contributed by atoms with Crippen LogP contribution in [0.25, 0.3) is 10.9 Å². The molecule has 2 aromatic rings. The number of benzene rings is 1. The number of pyridine rings is 1. The van der Waals surface area contributed by atoms with Crippen molar-refractivity contribution in [3.05, 3.63) is 36.0 Å². The molecule has 1 aliphatic heterocycles. The Kier molecular flexibility index (Phi) is 6.00. The Bertz CT molecular complexity index is 888. The first kappa shape index (κ1) is 21.3. The van der Waals surface area contributed by atoms with Crippen molar-refractivity contribution in [3.63, 3.8) is 0 Å². The van der Waals surface area contributed by atoms with Crippen LogP contribution >= 0.6 is 0 Å². The van der Waals surface area contributed by atoms with Gasteiger partial charge in [-0.1, -0.05) is 6.92 Å². The van der Waals surface area contributed by atoms with Gasteiger partial charge in [-0.05, 0) is 43.5 Å². The number of carbonyl (C=O) groups is 1. The van der Waals surface area contributed by atoms with E-state index in [9.17, 15) is 23.1 Å². The van der Waals surface area contributed by atoms with Crippen LogP contribution < -0.4 is 16.0 Å². The predicted octanol–water partition coefficient (Wildman–Crippen LogP) is 2.29. The minimum absolute atomic E-state index is 0.0903. The number of nitrogens with one attached hydrogen (secondary N) is 1. The maximum Gasteiger partial charge on any atom is 0.418 e. The SMILES string of the molecule is C[C@H]1C[C@@H](NC(=O)[C@@H](N)[C@@H](C)O)CN(c2ccc(C(F)(F)F)c3ncccc23)C1. The molecular weight excluding hydrogens is 385 g/mol. The molecule has 0 spiro atoms. The molecule has 29 heavy (non-hydrogen) atoms. The first-order chi connectivity index (χ1) is 13.6. The van der Waals surface area contributed by atoms with E-state index in [0.717, 1.165) is 6.07 Å². The van der Waals surface area contributed by atoms with Gasteiger partial charge in [0.25, 0.3) is 0 Å². The number of hydrogen-bond acceptors (Lipinski definition) is 5. The average molecular weight is 410 g/mol. The second-order valence-corrected chi connectivity index (χ2v) is 7.75. The third-order valence-electron chi connectivity index (χ3n) is 5.22. The molecule has 0 unspecified atom stereocenters. The van der Waals surface area contributed by atoms with Gasteiger partial charge in [0.2, 0.25) is 5.91 Å². The van der Waals surface area contributed by atoms with E-state index in [-0.39, 0.29) is 17.5 Å². The minimum Gasteiger partial charge on any atom is -0.391 e. The number of aliphatic hydroxyl groups excluding tert-OH is 1. The molecule has 3 rings (SSSR count). The van der Waals surface area contributed by atoms with Crippen molar-refractivity contribution in [3.8, 4) is 0 Å². The third-order valence-corrected chi connectivity index (χ3v) is 5.22. The Labute approximate surface area is 166 Å². The summed E-state index contributed by atoms with van der Waals surface area (Å²) in [5.41, 5.74) is 5.48. The standard InChI is InChI=1S/C20H25F3N4O2/c1-11-8-13(26-19(29)17(24)12(2)28)10-27(9-11)16-6-5-15(20(21,22)23)18-14(16)4-3-7-25-18/h3-7,11-13,17,28H,8-10,24H2,1-2H3,(H,26,29)/t11-,12+,13+,17-/m0/s1. The minimum atomic E-state index is -4.49. The van der Waals surface area contributed by atoms with Crippen molar-refractivity contribution in [2.75, 3.05) is 18.0 Å². The topological polar surface area (TPSA) is 91.5 Å². The molecule has 6 nitrogen and oxygen atoms in total. The summed E-state index contributed by atoms with van der Waals surface area (Å²) in [7, 11) is 0. The molecule has 9 heteroatoms. The fourth-order valence-electron chi connectivity index (χ4n) is 3.83. The van der Waals surface area contributed by atoms with Gasteiger partial charge in [-0.3, -0.25) is 9.78 Å². The molecule has 158 valence electrons. The van der Waals surface area contributed by atoms with Crippen LogP contribution in [0.5, 0.6) is 0 Å². The number of nitrogens with zero attached hydrogens (tertiary/aromatic N) is 2. The van der Waals surface area contributed by atoms with E-state index in [2.05, 4.69) is 10.3 Å². The third kappa shape index (κ3) is 4.62. The Hall–Kier alpha value is -2.39. The monoisotopic (exact) mass is 410 g/mol. The molecule has 0 bridgehead atoms. The number of amides is 1. The lowest BCUT2D eigenvalue weighted by Crippen LogP contribution is -2.55. The quantitative estimate of drug-likeness (QED) is 0.720. The van der Waals surface area contributed by atoms with Crippen molar-refractivity contribution < 1.29 is 23.1 Å². The van der Waals surface area contributed by atoms with Crippen LogP contribution in [0.2, 0.25) is 0 Å². The van der Waals surface area contributed by atoms with Crippen molar-refractivity contribution in [1.82, 2.24) is 10.3 Å². The maximum absolute atomic E-state index is 13.4. The number of alkyl halides is 3. The summed E-state index contributed by atoms with van der Waals surface area (Å²) in [6.07, 6.45) is -3.41. The molecular formula is C20H25F3N4O2. The lowest BCUT2D eigenvalue weighted by molar-refractivity contribution is -0.136. The van der Waals surface area contributed by atoms with Gasteiger partial charge in [-0.25, -0.2) is 0 Å². The lowest BCUT2D eigenvalue weighted by atomic mass is 9.94. The van der Waals surface area contributed by atoms with Crippen molar-refractivity contribution in [2.24, 2.45) is 11.7 Å². The lowest BCUT2D eigenvalue weighted by Gasteiger charge is -2.39. The Balaban J connectivity index is 1.90. The number of nitrogens with two attached hydrogens (primary N) is 1.